The Kier molecular flexibility index (Phi) is 7.81. The van der Waals surface area contributed by atoms with Crippen molar-refractivity contribution in [2.45, 2.75) is 13.2 Å². The Morgan fingerprint density at radius 1 is 0.967 bits per heavy atom. The minimum atomic E-state index is -0.283. The third-order valence-electron chi connectivity index (χ3n) is 5.08. The smallest absolute Gasteiger partial charge is 0.410 e. The molecule has 1 aliphatic heterocycles. The van der Waals surface area contributed by atoms with Gasteiger partial charge in [0.2, 0.25) is 0 Å². The minimum absolute atomic E-state index is 0.263. The Bertz CT molecular complexity index is 843. The lowest BCUT2D eigenvalue weighted by molar-refractivity contribution is 0.0696. The zero-order chi connectivity index (χ0) is 21.5. The molecular weight excluding hydrogens is 452 g/mol. The summed E-state index contributed by atoms with van der Waals surface area (Å²) in [4.78, 5) is 16.4. The second-order valence-electron chi connectivity index (χ2n) is 6.96. The average Bonchev–Trinajstić information content (AvgIpc) is 2.78. The van der Waals surface area contributed by atoms with Gasteiger partial charge in [0.15, 0.2) is 0 Å². The summed E-state index contributed by atoms with van der Waals surface area (Å²) in [7, 11) is 4.89. The van der Waals surface area contributed by atoms with Crippen LogP contribution in [-0.2, 0) is 17.9 Å². The molecular formula is C22H27BrN2O5. The number of carbonyl (C=O) groups is 1. The van der Waals surface area contributed by atoms with E-state index in [1.807, 2.05) is 36.4 Å². The maximum absolute atomic E-state index is 12.4. The first kappa shape index (κ1) is 22.2. The Hall–Kier alpha value is -2.45. The van der Waals surface area contributed by atoms with Crippen LogP contribution in [0.2, 0.25) is 0 Å². The molecule has 0 saturated carbocycles. The first-order chi connectivity index (χ1) is 14.5. The number of halogens is 1. The van der Waals surface area contributed by atoms with Crippen molar-refractivity contribution in [1.82, 2.24) is 9.80 Å². The van der Waals surface area contributed by atoms with E-state index in [-0.39, 0.29) is 12.7 Å². The third-order valence-corrected chi connectivity index (χ3v) is 5.57. The summed E-state index contributed by atoms with van der Waals surface area (Å²) < 4.78 is 22.8. The molecule has 8 heteroatoms. The molecule has 3 rings (SSSR count). The zero-order valence-electron chi connectivity index (χ0n) is 17.5. The predicted molar refractivity (Wildman–Crippen MR) is 117 cm³/mol. The molecule has 0 bridgehead atoms. The van der Waals surface area contributed by atoms with Gasteiger partial charge in [-0.1, -0.05) is 28.1 Å². The zero-order valence-corrected chi connectivity index (χ0v) is 19.1. The van der Waals surface area contributed by atoms with E-state index in [2.05, 4.69) is 20.8 Å². The number of hydrogen-bond acceptors (Lipinski definition) is 6. The second-order valence-corrected chi connectivity index (χ2v) is 7.87. The van der Waals surface area contributed by atoms with Crippen molar-refractivity contribution in [2.24, 2.45) is 0 Å². The van der Waals surface area contributed by atoms with E-state index < -0.39 is 0 Å². The Morgan fingerprint density at radius 3 is 2.20 bits per heavy atom. The van der Waals surface area contributed by atoms with E-state index in [1.54, 1.807) is 26.2 Å². The van der Waals surface area contributed by atoms with E-state index in [0.717, 1.165) is 40.2 Å². The molecule has 1 saturated heterocycles. The van der Waals surface area contributed by atoms with Crippen molar-refractivity contribution < 1.29 is 23.7 Å². The average molecular weight is 479 g/mol. The van der Waals surface area contributed by atoms with Crippen LogP contribution >= 0.6 is 15.9 Å². The van der Waals surface area contributed by atoms with Gasteiger partial charge in [-0.15, -0.1) is 0 Å². The van der Waals surface area contributed by atoms with Crippen molar-refractivity contribution in [2.75, 3.05) is 47.5 Å². The highest BCUT2D eigenvalue weighted by Gasteiger charge is 2.24. The van der Waals surface area contributed by atoms with Crippen LogP contribution in [-0.4, -0.2) is 63.4 Å². The van der Waals surface area contributed by atoms with Crippen molar-refractivity contribution >= 4 is 22.0 Å². The number of piperazine rings is 1. The van der Waals surface area contributed by atoms with Gasteiger partial charge in [-0.3, -0.25) is 4.90 Å². The molecule has 2 aromatic rings. The Morgan fingerprint density at radius 2 is 1.63 bits per heavy atom. The molecule has 0 spiro atoms. The molecule has 0 aliphatic carbocycles. The Labute approximate surface area is 185 Å². The maximum Gasteiger partial charge on any atom is 0.410 e. The lowest BCUT2D eigenvalue weighted by Gasteiger charge is -2.34. The van der Waals surface area contributed by atoms with Gasteiger partial charge in [-0.05, 0) is 17.7 Å². The minimum Gasteiger partial charge on any atom is -0.496 e. The second kappa shape index (κ2) is 10.5. The van der Waals surface area contributed by atoms with Gasteiger partial charge in [0.05, 0.1) is 26.9 Å². The molecule has 30 heavy (non-hydrogen) atoms. The SMILES string of the molecule is COc1cc(OC)c(CN2CCN(C(=O)OCc3cccc(Br)c3)CC2)c(OC)c1. The quantitative estimate of drug-likeness (QED) is 0.600. The van der Waals surface area contributed by atoms with Crippen LogP contribution in [0.3, 0.4) is 0 Å². The predicted octanol–water partition coefficient (Wildman–Crippen LogP) is 3.93. The van der Waals surface area contributed by atoms with E-state index in [9.17, 15) is 4.79 Å². The van der Waals surface area contributed by atoms with Gasteiger partial charge >= 0.3 is 6.09 Å². The summed E-state index contributed by atoms with van der Waals surface area (Å²) in [6.45, 7) is 3.63. The molecule has 1 amide bonds. The van der Waals surface area contributed by atoms with Crippen molar-refractivity contribution in [1.29, 1.82) is 0 Å². The summed E-state index contributed by atoms with van der Waals surface area (Å²) in [5.41, 5.74) is 1.92. The first-order valence-electron chi connectivity index (χ1n) is 9.71. The van der Waals surface area contributed by atoms with Crippen LogP contribution in [0.1, 0.15) is 11.1 Å². The molecule has 0 atom stereocenters. The molecule has 0 N–H and O–H groups in total. The lowest BCUT2D eigenvalue weighted by atomic mass is 10.1. The van der Waals surface area contributed by atoms with Gasteiger partial charge in [0.1, 0.15) is 23.9 Å². The van der Waals surface area contributed by atoms with E-state index >= 15 is 0 Å². The number of carbonyl (C=O) groups excluding carboxylic acids is 1. The van der Waals surface area contributed by atoms with Gasteiger partial charge < -0.3 is 23.8 Å². The standard InChI is InChI=1S/C22H27BrN2O5/c1-27-18-12-20(28-2)19(21(13-18)29-3)14-24-7-9-25(10-8-24)22(26)30-15-16-5-4-6-17(23)11-16/h4-6,11-13H,7-10,14-15H2,1-3H3. The van der Waals surface area contributed by atoms with Crippen LogP contribution in [0, 0.1) is 0 Å². The van der Waals surface area contributed by atoms with Crippen molar-refractivity contribution in [3.8, 4) is 17.2 Å². The van der Waals surface area contributed by atoms with E-state index in [4.69, 9.17) is 18.9 Å². The summed E-state index contributed by atoms with van der Waals surface area (Å²) >= 11 is 3.43. The molecule has 1 heterocycles. The van der Waals surface area contributed by atoms with Crippen LogP contribution in [0.25, 0.3) is 0 Å². The summed E-state index contributed by atoms with van der Waals surface area (Å²) in [6, 6.07) is 11.5. The highest BCUT2D eigenvalue weighted by atomic mass is 79.9. The maximum atomic E-state index is 12.4. The number of rotatable bonds is 7. The summed E-state index contributed by atoms with van der Waals surface area (Å²) in [5, 5.41) is 0. The third kappa shape index (κ3) is 5.58. The molecule has 0 radical (unpaired) electrons. The normalized spacial score (nSPS) is 14.3. The number of methoxy groups -OCH3 is 3. The number of hydrogen-bond donors (Lipinski definition) is 0. The highest BCUT2D eigenvalue weighted by molar-refractivity contribution is 9.10. The molecule has 1 aliphatic rings. The van der Waals surface area contributed by atoms with Crippen LogP contribution in [0.15, 0.2) is 40.9 Å². The molecule has 7 nitrogen and oxygen atoms in total. The molecule has 0 unspecified atom stereocenters. The lowest BCUT2D eigenvalue weighted by Crippen LogP contribution is -2.48. The summed E-state index contributed by atoms with van der Waals surface area (Å²) in [5.74, 6) is 2.13. The topological polar surface area (TPSA) is 60.5 Å². The van der Waals surface area contributed by atoms with Gasteiger partial charge in [-0.2, -0.15) is 0 Å². The van der Waals surface area contributed by atoms with Crippen LogP contribution in [0.4, 0.5) is 4.79 Å². The highest BCUT2D eigenvalue weighted by Crippen LogP contribution is 2.35. The van der Waals surface area contributed by atoms with Crippen LogP contribution in [0.5, 0.6) is 17.2 Å². The fourth-order valence-electron chi connectivity index (χ4n) is 3.41. The number of benzene rings is 2. The van der Waals surface area contributed by atoms with Gasteiger partial charge in [0.25, 0.3) is 0 Å². The largest absolute Gasteiger partial charge is 0.496 e. The molecule has 162 valence electrons. The summed E-state index contributed by atoms with van der Waals surface area (Å²) in [6.07, 6.45) is -0.283. The van der Waals surface area contributed by atoms with Gasteiger partial charge in [0, 0.05) is 49.3 Å². The number of nitrogens with zero attached hydrogens (tertiary/aromatic N) is 2. The van der Waals surface area contributed by atoms with Crippen molar-refractivity contribution in [3.05, 3.63) is 52.0 Å². The Balaban J connectivity index is 1.55. The fourth-order valence-corrected chi connectivity index (χ4v) is 3.86. The number of amides is 1. The first-order valence-corrected chi connectivity index (χ1v) is 10.5. The molecule has 1 fully saturated rings. The fraction of sp³-hybridized carbons (Fsp3) is 0.409. The van der Waals surface area contributed by atoms with Gasteiger partial charge in [-0.25, -0.2) is 4.79 Å². The van der Waals surface area contributed by atoms with E-state index in [0.29, 0.717) is 25.4 Å². The van der Waals surface area contributed by atoms with E-state index in [1.165, 1.54) is 0 Å². The monoisotopic (exact) mass is 478 g/mol. The van der Waals surface area contributed by atoms with Crippen molar-refractivity contribution in [3.63, 3.8) is 0 Å². The number of ether oxygens (including phenoxy) is 4. The molecule has 0 aromatic heterocycles. The van der Waals surface area contributed by atoms with Crippen LogP contribution < -0.4 is 14.2 Å². The molecule has 2 aromatic carbocycles.